The van der Waals surface area contributed by atoms with E-state index in [1.165, 1.54) is 0 Å². The van der Waals surface area contributed by atoms with Gasteiger partial charge in [0.15, 0.2) is 5.82 Å². The molecule has 0 saturated carbocycles. The summed E-state index contributed by atoms with van der Waals surface area (Å²) in [6.45, 7) is 4.18. The molecule has 0 aromatic carbocycles. The smallest absolute Gasteiger partial charge is 0.155 e. The fourth-order valence-electron chi connectivity index (χ4n) is 1.83. The second kappa shape index (κ2) is 4.35. The van der Waals surface area contributed by atoms with Gasteiger partial charge in [0.05, 0.1) is 5.69 Å². The minimum Gasteiger partial charge on any atom is -0.383 e. The molecule has 0 unspecified atom stereocenters. The second-order valence-electron chi connectivity index (χ2n) is 3.62. The molecule has 0 atom stereocenters. The Balaban J connectivity index is 2.54. The quantitative estimate of drug-likeness (QED) is 0.853. The van der Waals surface area contributed by atoms with E-state index in [0.717, 1.165) is 29.9 Å². The lowest BCUT2D eigenvalue weighted by molar-refractivity contribution is 0.823. The summed E-state index contributed by atoms with van der Waals surface area (Å²) >= 11 is 0. The predicted octanol–water partition coefficient (Wildman–Crippen LogP) is 1.97. The highest BCUT2D eigenvalue weighted by Gasteiger charge is 2.13. The van der Waals surface area contributed by atoms with Gasteiger partial charge in [0.1, 0.15) is 5.82 Å². The van der Waals surface area contributed by atoms with E-state index in [0.29, 0.717) is 5.82 Å². The summed E-state index contributed by atoms with van der Waals surface area (Å²) in [6.07, 6.45) is 3.54. The third-order valence-corrected chi connectivity index (χ3v) is 2.66. The molecule has 0 spiro atoms. The molecule has 0 aliphatic rings. The molecule has 0 amide bonds. The van der Waals surface area contributed by atoms with Gasteiger partial charge in [0.2, 0.25) is 0 Å². The SMILES string of the molecule is CCc1nn(-c2ccccn2)c(N)c1CC. The molecule has 0 saturated heterocycles. The number of aromatic nitrogens is 3. The Bertz CT molecular complexity index is 473. The first-order chi connectivity index (χ1) is 7.77. The van der Waals surface area contributed by atoms with Gasteiger partial charge in [-0.25, -0.2) is 4.98 Å². The molecule has 2 aromatic rings. The van der Waals surface area contributed by atoms with Crippen LogP contribution in [0, 0.1) is 0 Å². The van der Waals surface area contributed by atoms with E-state index < -0.39 is 0 Å². The van der Waals surface area contributed by atoms with E-state index in [2.05, 4.69) is 23.9 Å². The van der Waals surface area contributed by atoms with Crippen molar-refractivity contribution in [1.82, 2.24) is 14.8 Å². The fourth-order valence-corrected chi connectivity index (χ4v) is 1.83. The Kier molecular flexibility index (Phi) is 2.90. The highest BCUT2D eigenvalue weighted by atomic mass is 15.3. The van der Waals surface area contributed by atoms with Crippen molar-refractivity contribution >= 4 is 5.82 Å². The molecule has 0 aliphatic heterocycles. The van der Waals surface area contributed by atoms with Gasteiger partial charge in [-0.15, -0.1) is 0 Å². The summed E-state index contributed by atoms with van der Waals surface area (Å²) in [7, 11) is 0. The van der Waals surface area contributed by atoms with Crippen molar-refractivity contribution in [3.8, 4) is 5.82 Å². The first-order valence-corrected chi connectivity index (χ1v) is 5.55. The molecule has 84 valence electrons. The van der Waals surface area contributed by atoms with Gasteiger partial charge >= 0.3 is 0 Å². The molecule has 4 heteroatoms. The van der Waals surface area contributed by atoms with E-state index in [1.54, 1.807) is 10.9 Å². The third-order valence-electron chi connectivity index (χ3n) is 2.66. The summed E-state index contributed by atoms with van der Waals surface area (Å²) in [5.41, 5.74) is 8.28. The molecule has 2 N–H and O–H groups in total. The van der Waals surface area contributed by atoms with Gasteiger partial charge in [-0.2, -0.15) is 9.78 Å². The lowest BCUT2D eigenvalue weighted by atomic mass is 10.1. The maximum absolute atomic E-state index is 6.08. The lowest BCUT2D eigenvalue weighted by Gasteiger charge is -2.02. The maximum atomic E-state index is 6.08. The van der Waals surface area contributed by atoms with Gasteiger partial charge in [-0.05, 0) is 25.0 Å². The molecule has 4 nitrogen and oxygen atoms in total. The minimum atomic E-state index is 0.707. The zero-order valence-electron chi connectivity index (χ0n) is 9.64. The molecule has 0 fully saturated rings. The van der Waals surface area contributed by atoms with Crippen LogP contribution in [0.3, 0.4) is 0 Å². The summed E-state index contributed by atoms with van der Waals surface area (Å²) in [6, 6.07) is 5.72. The topological polar surface area (TPSA) is 56.7 Å². The molecular formula is C12H16N4. The largest absolute Gasteiger partial charge is 0.383 e. The monoisotopic (exact) mass is 216 g/mol. The van der Waals surface area contributed by atoms with Gasteiger partial charge in [0, 0.05) is 11.8 Å². The highest BCUT2D eigenvalue weighted by molar-refractivity contribution is 5.48. The number of anilines is 1. The number of hydrogen-bond donors (Lipinski definition) is 1. The lowest BCUT2D eigenvalue weighted by Crippen LogP contribution is -2.04. The van der Waals surface area contributed by atoms with Crippen molar-refractivity contribution < 1.29 is 0 Å². The number of nitrogen functional groups attached to an aromatic ring is 1. The Morgan fingerprint density at radius 3 is 2.56 bits per heavy atom. The standard InChI is InChI=1S/C12H16N4/c1-3-9-10(4-2)15-16(12(9)13)11-7-5-6-8-14-11/h5-8H,3-4,13H2,1-2H3. The van der Waals surface area contributed by atoms with Gasteiger partial charge in [-0.1, -0.05) is 19.9 Å². The van der Waals surface area contributed by atoms with E-state index >= 15 is 0 Å². The normalized spacial score (nSPS) is 10.6. The van der Waals surface area contributed by atoms with E-state index in [-0.39, 0.29) is 0 Å². The summed E-state index contributed by atoms with van der Waals surface area (Å²) < 4.78 is 1.72. The van der Waals surface area contributed by atoms with Crippen LogP contribution in [-0.2, 0) is 12.8 Å². The van der Waals surface area contributed by atoms with Crippen LogP contribution in [0.2, 0.25) is 0 Å². The average Bonchev–Trinajstić information content (AvgIpc) is 2.66. The molecule has 2 aromatic heterocycles. The van der Waals surface area contributed by atoms with Crippen molar-refractivity contribution in [3.05, 3.63) is 35.7 Å². The number of pyridine rings is 1. The summed E-state index contributed by atoms with van der Waals surface area (Å²) in [4.78, 5) is 4.25. The number of aryl methyl sites for hydroxylation is 1. The average molecular weight is 216 g/mol. The van der Waals surface area contributed by atoms with Gasteiger partial charge < -0.3 is 5.73 Å². The Morgan fingerprint density at radius 2 is 2.06 bits per heavy atom. The molecule has 0 aliphatic carbocycles. The number of nitrogens with two attached hydrogens (primary N) is 1. The maximum Gasteiger partial charge on any atom is 0.155 e. The van der Waals surface area contributed by atoms with Crippen LogP contribution < -0.4 is 5.73 Å². The van der Waals surface area contributed by atoms with Crippen molar-refractivity contribution in [1.29, 1.82) is 0 Å². The van der Waals surface area contributed by atoms with Crippen LogP contribution in [0.25, 0.3) is 5.82 Å². The first kappa shape index (κ1) is 10.7. The van der Waals surface area contributed by atoms with Crippen LogP contribution in [0.15, 0.2) is 24.4 Å². The van der Waals surface area contributed by atoms with Gasteiger partial charge in [-0.3, -0.25) is 0 Å². The Hall–Kier alpha value is -1.84. The van der Waals surface area contributed by atoms with Crippen LogP contribution in [-0.4, -0.2) is 14.8 Å². The molecule has 0 bridgehead atoms. The fraction of sp³-hybridized carbons (Fsp3) is 0.333. The van der Waals surface area contributed by atoms with E-state index in [1.807, 2.05) is 18.2 Å². The van der Waals surface area contributed by atoms with Gasteiger partial charge in [0.25, 0.3) is 0 Å². The van der Waals surface area contributed by atoms with Crippen LogP contribution in [0.5, 0.6) is 0 Å². The second-order valence-corrected chi connectivity index (χ2v) is 3.62. The first-order valence-electron chi connectivity index (χ1n) is 5.55. The van der Waals surface area contributed by atoms with Crippen LogP contribution in [0.4, 0.5) is 5.82 Å². The van der Waals surface area contributed by atoms with E-state index in [9.17, 15) is 0 Å². The molecule has 2 rings (SSSR count). The van der Waals surface area contributed by atoms with Crippen molar-refractivity contribution in [2.45, 2.75) is 26.7 Å². The van der Waals surface area contributed by atoms with Crippen molar-refractivity contribution in [2.24, 2.45) is 0 Å². The van der Waals surface area contributed by atoms with Crippen molar-refractivity contribution in [2.75, 3.05) is 5.73 Å². The predicted molar refractivity (Wildman–Crippen MR) is 64.5 cm³/mol. The molecule has 16 heavy (non-hydrogen) atoms. The zero-order valence-corrected chi connectivity index (χ0v) is 9.64. The number of nitrogens with zero attached hydrogens (tertiary/aromatic N) is 3. The molecule has 2 heterocycles. The summed E-state index contributed by atoms with van der Waals surface area (Å²) in [5, 5.41) is 4.50. The molecule has 0 radical (unpaired) electrons. The number of hydrogen-bond acceptors (Lipinski definition) is 3. The van der Waals surface area contributed by atoms with Crippen molar-refractivity contribution in [3.63, 3.8) is 0 Å². The Labute approximate surface area is 95.1 Å². The van der Waals surface area contributed by atoms with Crippen LogP contribution in [0.1, 0.15) is 25.1 Å². The third kappa shape index (κ3) is 1.66. The summed E-state index contributed by atoms with van der Waals surface area (Å²) in [5.74, 6) is 1.48. The minimum absolute atomic E-state index is 0.707. The zero-order chi connectivity index (χ0) is 11.5. The molecular weight excluding hydrogens is 200 g/mol. The van der Waals surface area contributed by atoms with Crippen LogP contribution >= 0.6 is 0 Å². The Morgan fingerprint density at radius 1 is 1.25 bits per heavy atom. The highest BCUT2D eigenvalue weighted by Crippen LogP contribution is 2.20. The number of rotatable bonds is 3. The van der Waals surface area contributed by atoms with E-state index in [4.69, 9.17) is 5.73 Å².